The first-order valence-electron chi connectivity index (χ1n) is 12.0. The summed E-state index contributed by atoms with van der Waals surface area (Å²) in [4.78, 5) is 41.2. The van der Waals surface area contributed by atoms with Gasteiger partial charge in [0.1, 0.15) is 19.8 Å². The molecule has 0 aliphatic heterocycles. The second-order valence-corrected chi connectivity index (χ2v) is 8.18. The number of rotatable bonds is 20. The molecule has 12 N–H and O–H groups in total. The molecule has 2 atom stereocenters. The minimum absolute atomic E-state index is 0.00435. The first-order valence-corrected chi connectivity index (χ1v) is 12.0. The van der Waals surface area contributed by atoms with Gasteiger partial charge in [-0.3, -0.25) is 14.7 Å². The monoisotopic (exact) mass is 504 g/mol. The third-order valence-corrected chi connectivity index (χ3v) is 4.95. The summed E-state index contributed by atoms with van der Waals surface area (Å²) in [6.45, 7) is 1.29. The van der Waals surface area contributed by atoms with Gasteiger partial charge in [0.25, 0.3) is 0 Å². The zero-order chi connectivity index (χ0) is 26.5. The molecule has 2 amide bonds. The molecular weight excluding hydrogens is 460 g/mol. The van der Waals surface area contributed by atoms with E-state index in [-0.39, 0.29) is 25.7 Å². The fraction of sp³-hybridized carbons (Fsp3) is 0.810. The molecule has 14 heteroatoms. The number of aliphatic imine (C=N–C) groups is 1. The molecule has 0 bridgehead atoms. The average molecular weight is 505 g/mol. The Balaban J connectivity index is 4.85. The van der Waals surface area contributed by atoms with Crippen molar-refractivity contribution in [3.05, 3.63) is 0 Å². The minimum Gasteiger partial charge on any atom is -0.450 e. The van der Waals surface area contributed by atoms with Gasteiger partial charge in [-0.25, -0.2) is 9.59 Å². The average Bonchev–Trinajstić information content (AvgIpc) is 2.80. The first-order chi connectivity index (χ1) is 16.7. The highest BCUT2D eigenvalue weighted by atomic mass is 16.7. The zero-order valence-corrected chi connectivity index (χ0v) is 20.5. The van der Waals surface area contributed by atoms with Gasteiger partial charge in [0.05, 0.1) is 6.04 Å². The van der Waals surface area contributed by atoms with Crippen molar-refractivity contribution in [3.8, 4) is 0 Å². The quantitative estimate of drug-likeness (QED) is 0.0469. The third-order valence-electron chi connectivity index (χ3n) is 4.95. The molecule has 0 heterocycles. The Labute approximate surface area is 206 Å². The lowest BCUT2D eigenvalue weighted by molar-refractivity contribution is -0.123. The molecule has 0 aromatic rings. The number of carbonyl (C=O) groups excluding carboxylic acids is 2. The first kappa shape index (κ1) is 32.2. The van der Waals surface area contributed by atoms with E-state index in [2.05, 4.69) is 15.0 Å². The predicted molar refractivity (Wildman–Crippen MR) is 133 cm³/mol. The van der Waals surface area contributed by atoms with Gasteiger partial charge in [0.2, 0.25) is 5.91 Å². The fourth-order valence-electron chi connectivity index (χ4n) is 3.12. The molecule has 35 heavy (non-hydrogen) atoms. The second-order valence-electron chi connectivity index (χ2n) is 8.18. The molecule has 0 saturated carbocycles. The normalized spacial score (nSPS) is 12.3. The van der Waals surface area contributed by atoms with Crippen LogP contribution in [0, 0.1) is 0 Å². The number of hydrogen-bond acceptors (Lipinski definition) is 9. The topological polar surface area (TPSA) is 248 Å². The van der Waals surface area contributed by atoms with E-state index >= 15 is 0 Å². The van der Waals surface area contributed by atoms with Crippen LogP contribution in [0.2, 0.25) is 0 Å². The Kier molecular flexibility index (Phi) is 18.9. The molecular formula is C21H44N8O6. The Morgan fingerprint density at radius 2 is 1.60 bits per heavy atom. The van der Waals surface area contributed by atoms with Crippen molar-refractivity contribution >= 4 is 24.1 Å². The van der Waals surface area contributed by atoms with Gasteiger partial charge in [0.15, 0.2) is 5.96 Å². The maximum atomic E-state index is 12.7. The van der Waals surface area contributed by atoms with Crippen LogP contribution in [0.3, 0.4) is 0 Å². The summed E-state index contributed by atoms with van der Waals surface area (Å²) in [5.74, 6) is -0.446. The van der Waals surface area contributed by atoms with E-state index in [1.54, 1.807) is 0 Å². The largest absolute Gasteiger partial charge is 0.505 e. The summed E-state index contributed by atoms with van der Waals surface area (Å²) in [6.07, 6.45) is 3.24. The number of amides is 2. The molecule has 0 fully saturated rings. The highest BCUT2D eigenvalue weighted by Crippen LogP contribution is 2.05. The summed E-state index contributed by atoms with van der Waals surface area (Å²) >= 11 is 0. The molecule has 0 aliphatic carbocycles. The summed E-state index contributed by atoms with van der Waals surface area (Å²) in [5.41, 5.74) is 27.6. The molecule has 0 aliphatic rings. The number of ether oxygens (including phenoxy) is 2. The van der Waals surface area contributed by atoms with Gasteiger partial charge >= 0.3 is 12.2 Å². The van der Waals surface area contributed by atoms with Gasteiger partial charge in [-0.15, -0.1) is 0 Å². The number of nitrogens with zero attached hydrogens (tertiary/aromatic N) is 2. The summed E-state index contributed by atoms with van der Waals surface area (Å²) in [7, 11) is 0. The number of carbonyl (C=O) groups is 3. The maximum Gasteiger partial charge on any atom is 0.505 e. The molecule has 0 rings (SSSR count). The zero-order valence-electron chi connectivity index (χ0n) is 20.5. The number of guanidine groups is 1. The van der Waals surface area contributed by atoms with Crippen LogP contribution in [0.4, 0.5) is 9.59 Å². The fourth-order valence-corrected chi connectivity index (χ4v) is 3.12. The Morgan fingerprint density at radius 1 is 0.914 bits per heavy atom. The number of unbranched alkanes of at least 4 members (excludes halogenated alkanes) is 3. The van der Waals surface area contributed by atoms with Gasteiger partial charge in [-0.2, -0.15) is 0 Å². The third kappa shape index (κ3) is 19.2. The van der Waals surface area contributed by atoms with Crippen LogP contribution in [0.1, 0.15) is 51.4 Å². The van der Waals surface area contributed by atoms with E-state index < -0.39 is 30.2 Å². The van der Waals surface area contributed by atoms with E-state index in [0.29, 0.717) is 58.3 Å². The van der Waals surface area contributed by atoms with Crippen LogP contribution >= 0.6 is 0 Å². The van der Waals surface area contributed by atoms with Crippen molar-refractivity contribution < 1.29 is 29.0 Å². The van der Waals surface area contributed by atoms with Crippen molar-refractivity contribution in [1.82, 2.24) is 10.2 Å². The van der Waals surface area contributed by atoms with E-state index in [1.165, 1.54) is 4.90 Å². The second kappa shape index (κ2) is 20.5. The summed E-state index contributed by atoms with van der Waals surface area (Å²) in [5, 5.41) is 11.5. The summed E-state index contributed by atoms with van der Waals surface area (Å²) in [6, 6.07) is -0.931. The van der Waals surface area contributed by atoms with E-state index in [0.717, 1.165) is 19.3 Å². The molecule has 14 nitrogen and oxygen atoms in total. The number of nitrogens with one attached hydrogen (secondary N) is 1. The van der Waals surface area contributed by atoms with E-state index in [4.69, 9.17) is 38.5 Å². The SMILES string of the molecule is NCCCCCN(CC(=O)N[C@@H](CCCCN)COC(=O)O)C(=O)OC[C@@H](N)CCCN=C(N)N. The van der Waals surface area contributed by atoms with Crippen LogP contribution in [-0.2, 0) is 14.3 Å². The number of carboxylic acid groups (broad SMARTS) is 1. The van der Waals surface area contributed by atoms with Crippen LogP contribution in [0.15, 0.2) is 4.99 Å². The lowest BCUT2D eigenvalue weighted by Gasteiger charge is -2.24. The molecule has 0 radical (unpaired) electrons. The smallest absolute Gasteiger partial charge is 0.450 e. The number of hydrogen-bond donors (Lipinski definition) is 7. The van der Waals surface area contributed by atoms with Gasteiger partial charge < -0.3 is 48.6 Å². The van der Waals surface area contributed by atoms with Crippen molar-refractivity contribution in [2.75, 3.05) is 45.9 Å². The van der Waals surface area contributed by atoms with Crippen LogP contribution in [-0.4, -0.2) is 92.1 Å². The Morgan fingerprint density at radius 3 is 2.23 bits per heavy atom. The highest BCUT2D eigenvalue weighted by Gasteiger charge is 2.22. The molecule has 0 aromatic carbocycles. The predicted octanol–water partition coefficient (Wildman–Crippen LogP) is -0.757. The van der Waals surface area contributed by atoms with Gasteiger partial charge in [0, 0.05) is 19.1 Å². The van der Waals surface area contributed by atoms with Crippen molar-refractivity contribution in [2.45, 2.75) is 63.5 Å². The summed E-state index contributed by atoms with van der Waals surface area (Å²) < 4.78 is 9.94. The Hall–Kier alpha value is -2.84. The number of nitrogens with two attached hydrogens (primary N) is 5. The van der Waals surface area contributed by atoms with Crippen molar-refractivity contribution in [3.63, 3.8) is 0 Å². The highest BCUT2D eigenvalue weighted by molar-refractivity contribution is 5.82. The Bertz CT molecular complexity index is 633. The van der Waals surface area contributed by atoms with E-state index in [1.807, 2.05) is 0 Å². The van der Waals surface area contributed by atoms with Crippen LogP contribution < -0.4 is 34.0 Å². The minimum atomic E-state index is -1.43. The molecule has 0 spiro atoms. The van der Waals surface area contributed by atoms with Gasteiger partial charge in [-0.1, -0.05) is 12.8 Å². The van der Waals surface area contributed by atoms with Crippen molar-refractivity contribution in [2.24, 2.45) is 33.7 Å². The van der Waals surface area contributed by atoms with Crippen LogP contribution in [0.25, 0.3) is 0 Å². The van der Waals surface area contributed by atoms with E-state index in [9.17, 15) is 14.4 Å². The van der Waals surface area contributed by atoms with Crippen LogP contribution in [0.5, 0.6) is 0 Å². The maximum absolute atomic E-state index is 12.7. The lowest BCUT2D eigenvalue weighted by atomic mass is 10.1. The lowest BCUT2D eigenvalue weighted by Crippen LogP contribution is -2.46. The molecule has 0 saturated heterocycles. The van der Waals surface area contributed by atoms with Gasteiger partial charge in [-0.05, 0) is 51.6 Å². The molecule has 0 aromatic heterocycles. The molecule has 204 valence electrons. The molecule has 0 unspecified atom stereocenters. The standard InChI is InChI=1S/C21H44N8O6/c22-9-3-1-5-12-29(20(31)34-14-16(24)7-6-11-27-19(25)26)13-18(30)28-17(8-2-4-10-23)15-35-21(32)33/h16-17H,1-15,22-24H2,(H,28,30)(H,32,33)(H4,25,26,27)/t16-,17-/m0/s1. The van der Waals surface area contributed by atoms with Crippen molar-refractivity contribution in [1.29, 1.82) is 0 Å².